The average Bonchev–Trinajstić information content (AvgIpc) is 2.48. The molecule has 0 amide bonds. The average molecular weight is 276 g/mol. The first-order valence-corrected chi connectivity index (χ1v) is 7.32. The van der Waals surface area contributed by atoms with Crippen molar-refractivity contribution in [2.24, 2.45) is 0 Å². The van der Waals surface area contributed by atoms with Crippen molar-refractivity contribution in [3.8, 4) is 0 Å². The van der Waals surface area contributed by atoms with Gasteiger partial charge in [-0.3, -0.25) is 9.69 Å². The smallest absolute Gasteiger partial charge is 0.320 e. The fraction of sp³-hybridized carbons (Fsp3) is 0.562. The molecule has 110 valence electrons. The van der Waals surface area contributed by atoms with Gasteiger partial charge in [0.25, 0.3) is 0 Å². The van der Waals surface area contributed by atoms with Crippen LogP contribution in [0.15, 0.2) is 30.3 Å². The Morgan fingerprint density at radius 1 is 1.15 bits per heavy atom. The third-order valence-electron chi connectivity index (χ3n) is 4.21. The van der Waals surface area contributed by atoms with Crippen LogP contribution in [0.5, 0.6) is 0 Å². The van der Waals surface area contributed by atoms with Gasteiger partial charge in [-0.25, -0.2) is 0 Å². The molecule has 0 radical (unpaired) electrons. The lowest BCUT2D eigenvalue weighted by Crippen LogP contribution is -2.52. The molecule has 0 spiro atoms. The fourth-order valence-electron chi connectivity index (χ4n) is 2.76. The minimum atomic E-state index is -0.726. The van der Waals surface area contributed by atoms with E-state index in [-0.39, 0.29) is 6.04 Å². The second-order valence-corrected chi connectivity index (χ2v) is 5.66. The molecule has 0 saturated carbocycles. The van der Waals surface area contributed by atoms with Gasteiger partial charge < -0.3 is 10.0 Å². The van der Waals surface area contributed by atoms with Crippen LogP contribution in [0.4, 0.5) is 0 Å². The van der Waals surface area contributed by atoms with Gasteiger partial charge in [-0.2, -0.15) is 0 Å². The zero-order chi connectivity index (χ0) is 14.5. The van der Waals surface area contributed by atoms with Crippen molar-refractivity contribution in [1.29, 1.82) is 0 Å². The maximum absolute atomic E-state index is 11.0. The quantitative estimate of drug-likeness (QED) is 0.892. The molecule has 4 heteroatoms. The van der Waals surface area contributed by atoms with Crippen molar-refractivity contribution >= 4 is 5.97 Å². The van der Waals surface area contributed by atoms with Crippen molar-refractivity contribution in [2.45, 2.75) is 25.8 Å². The number of carboxylic acids is 1. The molecule has 1 N–H and O–H groups in total. The van der Waals surface area contributed by atoms with Crippen molar-refractivity contribution in [3.63, 3.8) is 0 Å². The molecule has 0 aromatic heterocycles. The summed E-state index contributed by atoms with van der Waals surface area (Å²) in [6, 6.07) is 10.2. The SMILES string of the molecule is CC(CN1CCN(C(C)C(=O)O)CC1)c1ccccc1. The van der Waals surface area contributed by atoms with Crippen LogP contribution < -0.4 is 0 Å². The Morgan fingerprint density at radius 2 is 1.75 bits per heavy atom. The highest BCUT2D eigenvalue weighted by atomic mass is 16.4. The molecule has 1 aliphatic heterocycles. The lowest BCUT2D eigenvalue weighted by atomic mass is 10.0. The number of hydrogen-bond donors (Lipinski definition) is 1. The molecule has 0 aliphatic carbocycles. The van der Waals surface area contributed by atoms with Crippen LogP contribution in [0, 0.1) is 0 Å². The van der Waals surface area contributed by atoms with E-state index in [9.17, 15) is 4.79 Å². The molecule has 1 aromatic rings. The Bertz CT molecular complexity index is 427. The molecule has 1 aromatic carbocycles. The summed E-state index contributed by atoms with van der Waals surface area (Å²) >= 11 is 0. The number of aliphatic carboxylic acids is 1. The zero-order valence-electron chi connectivity index (χ0n) is 12.3. The monoisotopic (exact) mass is 276 g/mol. The van der Waals surface area contributed by atoms with Crippen LogP contribution in [0.3, 0.4) is 0 Å². The number of piperazine rings is 1. The van der Waals surface area contributed by atoms with E-state index in [1.807, 2.05) is 11.0 Å². The zero-order valence-corrected chi connectivity index (χ0v) is 12.3. The lowest BCUT2D eigenvalue weighted by Gasteiger charge is -2.37. The summed E-state index contributed by atoms with van der Waals surface area (Å²) in [5.74, 6) is -0.212. The Balaban J connectivity index is 1.81. The van der Waals surface area contributed by atoms with E-state index in [2.05, 4.69) is 36.1 Å². The summed E-state index contributed by atoms with van der Waals surface area (Å²) in [5.41, 5.74) is 1.37. The van der Waals surface area contributed by atoms with Gasteiger partial charge in [-0.1, -0.05) is 37.3 Å². The minimum absolute atomic E-state index is 0.372. The predicted octanol–water partition coefficient (Wildman–Crippen LogP) is 1.88. The topological polar surface area (TPSA) is 43.8 Å². The Morgan fingerprint density at radius 3 is 2.30 bits per heavy atom. The maximum Gasteiger partial charge on any atom is 0.320 e. The van der Waals surface area contributed by atoms with Gasteiger partial charge in [0.05, 0.1) is 0 Å². The van der Waals surface area contributed by atoms with Gasteiger partial charge >= 0.3 is 5.97 Å². The first-order valence-electron chi connectivity index (χ1n) is 7.32. The highest BCUT2D eigenvalue weighted by Crippen LogP contribution is 2.17. The van der Waals surface area contributed by atoms with E-state index < -0.39 is 5.97 Å². The van der Waals surface area contributed by atoms with Crippen molar-refractivity contribution in [1.82, 2.24) is 9.80 Å². The number of rotatable bonds is 5. The van der Waals surface area contributed by atoms with E-state index in [1.54, 1.807) is 6.92 Å². The first-order chi connectivity index (χ1) is 9.58. The Hall–Kier alpha value is -1.39. The summed E-state index contributed by atoms with van der Waals surface area (Å²) in [7, 11) is 0. The van der Waals surface area contributed by atoms with E-state index in [0.717, 1.165) is 32.7 Å². The van der Waals surface area contributed by atoms with Crippen LogP contribution in [0.1, 0.15) is 25.3 Å². The Kier molecular flexibility index (Phi) is 5.15. The summed E-state index contributed by atoms with van der Waals surface area (Å²) < 4.78 is 0. The molecule has 1 saturated heterocycles. The van der Waals surface area contributed by atoms with Crippen LogP contribution in [0.2, 0.25) is 0 Å². The largest absolute Gasteiger partial charge is 0.480 e. The fourth-order valence-corrected chi connectivity index (χ4v) is 2.76. The van der Waals surface area contributed by atoms with Crippen molar-refractivity contribution in [3.05, 3.63) is 35.9 Å². The van der Waals surface area contributed by atoms with Gasteiger partial charge in [0.1, 0.15) is 6.04 Å². The number of carboxylic acid groups (broad SMARTS) is 1. The summed E-state index contributed by atoms with van der Waals surface area (Å²) in [6.45, 7) is 8.65. The summed E-state index contributed by atoms with van der Waals surface area (Å²) in [5, 5.41) is 9.04. The van der Waals surface area contributed by atoms with Crippen molar-refractivity contribution in [2.75, 3.05) is 32.7 Å². The third-order valence-corrected chi connectivity index (χ3v) is 4.21. The number of nitrogens with zero attached hydrogens (tertiary/aromatic N) is 2. The van der Waals surface area contributed by atoms with Crippen LogP contribution in [-0.4, -0.2) is 59.6 Å². The molecule has 2 rings (SSSR count). The standard InChI is InChI=1S/C16H24N2O2/c1-13(15-6-4-3-5-7-15)12-17-8-10-18(11-9-17)14(2)16(19)20/h3-7,13-14H,8-12H2,1-2H3,(H,19,20). The van der Waals surface area contributed by atoms with Gasteiger partial charge in [0.15, 0.2) is 0 Å². The third kappa shape index (κ3) is 3.81. The van der Waals surface area contributed by atoms with Crippen LogP contribution >= 0.6 is 0 Å². The Labute approximate surface area is 121 Å². The predicted molar refractivity (Wildman–Crippen MR) is 80.0 cm³/mol. The van der Waals surface area contributed by atoms with Gasteiger partial charge in [0.2, 0.25) is 0 Å². The second-order valence-electron chi connectivity index (χ2n) is 5.66. The highest BCUT2D eigenvalue weighted by Gasteiger charge is 2.25. The highest BCUT2D eigenvalue weighted by molar-refractivity contribution is 5.72. The van der Waals surface area contributed by atoms with Crippen LogP contribution in [0.25, 0.3) is 0 Å². The maximum atomic E-state index is 11.0. The normalized spacial score (nSPS) is 20.5. The number of hydrogen-bond acceptors (Lipinski definition) is 3. The first kappa shape index (κ1) is 15.0. The van der Waals surface area contributed by atoms with E-state index in [1.165, 1.54) is 5.56 Å². The molecule has 2 atom stereocenters. The summed E-state index contributed by atoms with van der Waals surface area (Å²) in [6.07, 6.45) is 0. The molecule has 0 bridgehead atoms. The number of benzene rings is 1. The van der Waals surface area contributed by atoms with Gasteiger partial charge in [-0.15, -0.1) is 0 Å². The summed E-state index contributed by atoms with van der Waals surface area (Å²) in [4.78, 5) is 15.5. The van der Waals surface area contributed by atoms with Gasteiger partial charge in [0, 0.05) is 32.7 Å². The second kappa shape index (κ2) is 6.86. The van der Waals surface area contributed by atoms with E-state index in [0.29, 0.717) is 5.92 Å². The molecule has 4 nitrogen and oxygen atoms in total. The minimum Gasteiger partial charge on any atom is -0.480 e. The van der Waals surface area contributed by atoms with Gasteiger partial charge in [-0.05, 0) is 18.4 Å². The molecule has 2 unspecified atom stereocenters. The van der Waals surface area contributed by atoms with E-state index >= 15 is 0 Å². The molecular formula is C16H24N2O2. The molecule has 1 fully saturated rings. The molecule has 1 aliphatic rings. The lowest BCUT2D eigenvalue weighted by molar-refractivity contribution is -0.143. The molecular weight excluding hydrogens is 252 g/mol. The number of carbonyl (C=O) groups is 1. The molecule has 1 heterocycles. The van der Waals surface area contributed by atoms with Crippen LogP contribution in [-0.2, 0) is 4.79 Å². The van der Waals surface area contributed by atoms with Crippen molar-refractivity contribution < 1.29 is 9.90 Å². The molecule has 20 heavy (non-hydrogen) atoms. The van der Waals surface area contributed by atoms with E-state index in [4.69, 9.17) is 5.11 Å².